The first-order valence-electron chi connectivity index (χ1n) is 5.99. The van der Waals surface area contributed by atoms with Crippen molar-refractivity contribution < 1.29 is 4.39 Å². The fourth-order valence-electron chi connectivity index (χ4n) is 2.06. The molecule has 1 heterocycles. The van der Waals surface area contributed by atoms with Crippen LogP contribution >= 0.6 is 15.9 Å². The summed E-state index contributed by atoms with van der Waals surface area (Å²) < 4.78 is 13.8. The molecule has 20 heavy (non-hydrogen) atoms. The number of nitrogens with two attached hydrogens (primary N) is 1. The molecule has 0 atom stereocenters. The van der Waals surface area contributed by atoms with Crippen LogP contribution in [0.15, 0.2) is 53.3 Å². The molecular formula is C15H11BrFN3. The van der Waals surface area contributed by atoms with Gasteiger partial charge in [0.15, 0.2) is 0 Å². The standard InChI is InChI=1S/C15H11BrFN3/c16-12-7-9(17)1-3-15(12)20-14-4-2-13(18)11-8-19-6-5-10(11)14/h1-8,20H,18H2. The largest absolute Gasteiger partial charge is 0.398 e. The van der Waals surface area contributed by atoms with Gasteiger partial charge in [-0.05, 0) is 52.3 Å². The second kappa shape index (κ2) is 5.09. The highest BCUT2D eigenvalue weighted by Crippen LogP contribution is 2.32. The second-order valence-electron chi connectivity index (χ2n) is 4.37. The van der Waals surface area contributed by atoms with Gasteiger partial charge in [0.25, 0.3) is 0 Å². The fourth-order valence-corrected chi connectivity index (χ4v) is 2.51. The summed E-state index contributed by atoms with van der Waals surface area (Å²) in [6, 6.07) is 10.1. The predicted molar refractivity (Wildman–Crippen MR) is 83.5 cm³/mol. The minimum Gasteiger partial charge on any atom is -0.398 e. The van der Waals surface area contributed by atoms with E-state index in [1.165, 1.54) is 12.1 Å². The van der Waals surface area contributed by atoms with E-state index in [1.54, 1.807) is 18.5 Å². The topological polar surface area (TPSA) is 50.9 Å². The Bertz CT molecular complexity index is 789. The molecule has 0 radical (unpaired) electrons. The summed E-state index contributed by atoms with van der Waals surface area (Å²) in [5, 5.41) is 5.13. The van der Waals surface area contributed by atoms with Crippen molar-refractivity contribution in [2.24, 2.45) is 0 Å². The lowest BCUT2D eigenvalue weighted by Crippen LogP contribution is -1.95. The van der Waals surface area contributed by atoms with Crippen molar-refractivity contribution >= 4 is 43.8 Å². The van der Waals surface area contributed by atoms with Gasteiger partial charge in [0.05, 0.1) is 5.69 Å². The van der Waals surface area contributed by atoms with Gasteiger partial charge in [0, 0.05) is 39.0 Å². The Morgan fingerprint density at radius 2 is 1.85 bits per heavy atom. The van der Waals surface area contributed by atoms with E-state index in [0.29, 0.717) is 10.2 Å². The van der Waals surface area contributed by atoms with Crippen LogP contribution in [0, 0.1) is 5.82 Å². The summed E-state index contributed by atoms with van der Waals surface area (Å²) in [5.74, 6) is -0.284. The van der Waals surface area contributed by atoms with Gasteiger partial charge >= 0.3 is 0 Å². The van der Waals surface area contributed by atoms with Crippen LogP contribution in [-0.2, 0) is 0 Å². The Hall–Kier alpha value is -2.14. The first kappa shape index (κ1) is 12.9. The average Bonchev–Trinajstić information content (AvgIpc) is 2.45. The van der Waals surface area contributed by atoms with Gasteiger partial charge in [-0.3, -0.25) is 4.98 Å². The molecule has 0 saturated heterocycles. The molecule has 0 fully saturated rings. The van der Waals surface area contributed by atoms with Crippen molar-refractivity contribution in [1.82, 2.24) is 4.98 Å². The fraction of sp³-hybridized carbons (Fsp3) is 0. The highest BCUT2D eigenvalue weighted by molar-refractivity contribution is 9.10. The molecule has 0 spiro atoms. The van der Waals surface area contributed by atoms with Gasteiger partial charge < -0.3 is 11.1 Å². The van der Waals surface area contributed by atoms with E-state index in [9.17, 15) is 4.39 Å². The van der Waals surface area contributed by atoms with Gasteiger partial charge in [0.1, 0.15) is 5.82 Å². The van der Waals surface area contributed by atoms with Crippen LogP contribution in [0.25, 0.3) is 10.8 Å². The zero-order valence-electron chi connectivity index (χ0n) is 10.4. The molecule has 2 aromatic carbocycles. The van der Waals surface area contributed by atoms with Crippen molar-refractivity contribution in [1.29, 1.82) is 0 Å². The van der Waals surface area contributed by atoms with Gasteiger partial charge in [-0.1, -0.05) is 0 Å². The van der Waals surface area contributed by atoms with E-state index in [0.717, 1.165) is 22.1 Å². The molecule has 100 valence electrons. The molecule has 0 amide bonds. The lowest BCUT2D eigenvalue weighted by atomic mass is 10.1. The Morgan fingerprint density at radius 1 is 1.05 bits per heavy atom. The predicted octanol–water partition coefficient (Wildman–Crippen LogP) is 4.46. The molecule has 3 nitrogen and oxygen atoms in total. The number of halogens is 2. The number of nitrogens with one attached hydrogen (secondary N) is 1. The van der Waals surface area contributed by atoms with Crippen molar-refractivity contribution in [2.45, 2.75) is 0 Å². The zero-order chi connectivity index (χ0) is 14.1. The lowest BCUT2D eigenvalue weighted by Gasteiger charge is -2.12. The minimum atomic E-state index is -0.284. The number of nitrogen functional groups attached to an aromatic ring is 1. The molecule has 0 bridgehead atoms. The van der Waals surface area contributed by atoms with Gasteiger partial charge in [-0.2, -0.15) is 0 Å². The lowest BCUT2D eigenvalue weighted by molar-refractivity contribution is 0.627. The maximum atomic E-state index is 13.1. The van der Waals surface area contributed by atoms with Crippen LogP contribution in [0.2, 0.25) is 0 Å². The number of fused-ring (bicyclic) bond motifs is 1. The molecule has 0 aliphatic carbocycles. The molecule has 1 aromatic heterocycles. The van der Waals surface area contributed by atoms with Gasteiger partial charge in [0.2, 0.25) is 0 Å². The highest BCUT2D eigenvalue weighted by atomic mass is 79.9. The molecule has 3 aromatic rings. The number of hydrogen-bond donors (Lipinski definition) is 2. The molecule has 0 aliphatic rings. The molecular weight excluding hydrogens is 321 g/mol. The Labute approximate surface area is 123 Å². The van der Waals surface area contributed by atoms with Crippen LogP contribution in [0.1, 0.15) is 0 Å². The zero-order valence-corrected chi connectivity index (χ0v) is 12.0. The second-order valence-corrected chi connectivity index (χ2v) is 5.23. The normalized spacial score (nSPS) is 10.7. The first-order chi connectivity index (χ1) is 9.65. The first-order valence-corrected chi connectivity index (χ1v) is 6.79. The molecule has 0 saturated carbocycles. The Balaban J connectivity index is 2.09. The van der Waals surface area contributed by atoms with E-state index >= 15 is 0 Å². The van der Waals surface area contributed by atoms with Crippen molar-refractivity contribution in [3.8, 4) is 0 Å². The third kappa shape index (κ3) is 2.32. The van der Waals surface area contributed by atoms with E-state index < -0.39 is 0 Å². The SMILES string of the molecule is Nc1ccc(Nc2ccc(F)cc2Br)c2ccncc12. The highest BCUT2D eigenvalue weighted by Gasteiger charge is 2.07. The smallest absolute Gasteiger partial charge is 0.124 e. The van der Waals surface area contributed by atoms with E-state index in [1.807, 2.05) is 18.2 Å². The maximum absolute atomic E-state index is 13.1. The Morgan fingerprint density at radius 3 is 2.65 bits per heavy atom. The molecule has 3 N–H and O–H groups in total. The summed E-state index contributed by atoms with van der Waals surface area (Å²) >= 11 is 3.34. The van der Waals surface area contributed by atoms with E-state index in [2.05, 4.69) is 26.2 Å². The van der Waals surface area contributed by atoms with Crippen molar-refractivity contribution in [3.05, 3.63) is 59.1 Å². The molecule has 0 aliphatic heterocycles. The third-order valence-corrected chi connectivity index (χ3v) is 3.71. The van der Waals surface area contributed by atoms with Crippen molar-refractivity contribution in [2.75, 3.05) is 11.1 Å². The Kier molecular flexibility index (Phi) is 3.28. The third-order valence-electron chi connectivity index (χ3n) is 3.05. The van der Waals surface area contributed by atoms with Crippen LogP contribution in [0.5, 0.6) is 0 Å². The van der Waals surface area contributed by atoms with Gasteiger partial charge in [-0.25, -0.2) is 4.39 Å². The van der Waals surface area contributed by atoms with Crippen molar-refractivity contribution in [3.63, 3.8) is 0 Å². The van der Waals surface area contributed by atoms with Gasteiger partial charge in [-0.15, -0.1) is 0 Å². The van der Waals surface area contributed by atoms with Crippen LogP contribution in [-0.4, -0.2) is 4.98 Å². The monoisotopic (exact) mass is 331 g/mol. The molecule has 3 rings (SSSR count). The number of rotatable bonds is 2. The summed E-state index contributed by atoms with van der Waals surface area (Å²) in [6.45, 7) is 0. The summed E-state index contributed by atoms with van der Waals surface area (Å²) in [4.78, 5) is 4.08. The molecule has 5 heteroatoms. The minimum absolute atomic E-state index is 0.284. The number of aromatic nitrogens is 1. The number of pyridine rings is 1. The number of benzene rings is 2. The number of anilines is 3. The number of nitrogens with zero attached hydrogens (tertiary/aromatic N) is 1. The van der Waals surface area contributed by atoms with E-state index in [-0.39, 0.29) is 5.82 Å². The van der Waals surface area contributed by atoms with Crippen LogP contribution in [0.3, 0.4) is 0 Å². The van der Waals surface area contributed by atoms with E-state index in [4.69, 9.17) is 5.73 Å². The molecule has 0 unspecified atom stereocenters. The summed E-state index contributed by atoms with van der Waals surface area (Å²) in [6.07, 6.45) is 3.45. The summed E-state index contributed by atoms with van der Waals surface area (Å²) in [7, 11) is 0. The quantitative estimate of drug-likeness (QED) is 0.681. The number of hydrogen-bond acceptors (Lipinski definition) is 3. The van der Waals surface area contributed by atoms with Crippen LogP contribution in [0.4, 0.5) is 21.5 Å². The summed E-state index contributed by atoms with van der Waals surface area (Å²) in [5.41, 5.74) is 8.30. The average molecular weight is 332 g/mol. The van der Waals surface area contributed by atoms with Crippen LogP contribution < -0.4 is 11.1 Å². The maximum Gasteiger partial charge on any atom is 0.124 e.